The number of amides is 2. The van der Waals surface area contributed by atoms with E-state index in [1.807, 2.05) is 57.2 Å². The van der Waals surface area contributed by atoms with Gasteiger partial charge in [-0.3, -0.25) is 13.9 Å². The summed E-state index contributed by atoms with van der Waals surface area (Å²) in [5, 5.41) is 2.95. The van der Waals surface area contributed by atoms with Crippen LogP contribution in [0.4, 0.5) is 5.69 Å². The van der Waals surface area contributed by atoms with Crippen molar-refractivity contribution < 1.29 is 18.0 Å². The molecule has 0 heterocycles. The van der Waals surface area contributed by atoms with Gasteiger partial charge in [-0.2, -0.15) is 0 Å². The fourth-order valence-corrected chi connectivity index (χ4v) is 9.24. The predicted molar refractivity (Wildman–Crippen MR) is 171 cm³/mol. The molecule has 6 rings (SSSR count). The number of benzene rings is 2. The molecule has 1 atom stereocenters. The molecular weight excluding hydrogens is 614 g/mol. The Hall–Kier alpha value is -2.39. The first-order valence-corrected chi connectivity index (χ1v) is 17.7. The zero-order valence-corrected chi connectivity index (χ0v) is 27.8. The van der Waals surface area contributed by atoms with Gasteiger partial charge >= 0.3 is 0 Å². The molecular formula is C33H44BrN3O4S. The van der Waals surface area contributed by atoms with Crippen molar-refractivity contribution in [1.29, 1.82) is 0 Å². The van der Waals surface area contributed by atoms with Crippen LogP contribution in [-0.4, -0.2) is 49.5 Å². The van der Waals surface area contributed by atoms with Crippen LogP contribution in [-0.2, 0) is 31.6 Å². The molecule has 2 aromatic carbocycles. The smallest absolute Gasteiger partial charge is 0.244 e. The van der Waals surface area contributed by atoms with Crippen LogP contribution in [0.3, 0.4) is 0 Å². The highest BCUT2D eigenvalue weighted by molar-refractivity contribution is 9.10. The van der Waals surface area contributed by atoms with Crippen molar-refractivity contribution in [2.75, 3.05) is 17.1 Å². The minimum Gasteiger partial charge on any atom is -0.350 e. The van der Waals surface area contributed by atoms with Crippen molar-refractivity contribution in [3.05, 3.63) is 64.1 Å². The number of anilines is 1. The molecule has 42 heavy (non-hydrogen) atoms. The van der Waals surface area contributed by atoms with Crippen molar-refractivity contribution in [2.24, 2.45) is 17.8 Å². The van der Waals surface area contributed by atoms with Crippen LogP contribution < -0.4 is 9.62 Å². The number of nitrogens with one attached hydrogen (secondary N) is 1. The molecule has 228 valence electrons. The highest BCUT2D eigenvalue weighted by Crippen LogP contribution is 2.60. The lowest BCUT2D eigenvalue weighted by atomic mass is 9.48. The van der Waals surface area contributed by atoms with Crippen molar-refractivity contribution in [2.45, 2.75) is 89.8 Å². The molecule has 4 aliphatic rings. The number of hydrogen-bond donors (Lipinski definition) is 1. The summed E-state index contributed by atoms with van der Waals surface area (Å²) in [5.74, 6) is 1.71. The topological polar surface area (TPSA) is 86.8 Å². The van der Waals surface area contributed by atoms with Crippen LogP contribution in [0.5, 0.6) is 0 Å². The first-order chi connectivity index (χ1) is 19.6. The van der Waals surface area contributed by atoms with E-state index >= 15 is 0 Å². The Morgan fingerprint density at radius 2 is 1.57 bits per heavy atom. The molecule has 4 fully saturated rings. The van der Waals surface area contributed by atoms with Gasteiger partial charge in [-0.25, -0.2) is 8.42 Å². The van der Waals surface area contributed by atoms with Crippen molar-refractivity contribution in [3.8, 4) is 0 Å². The number of halogens is 1. The van der Waals surface area contributed by atoms with E-state index in [0.29, 0.717) is 5.69 Å². The van der Waals surface area contributed by atoms with Crippen LogP contribution in [0.25, 0.3) is 0 Å². The summed E-state index contributed by atoms with van der Waals surface area (Å²) in [4.78, 5) is 28.5. The Morgan fingerprint density at radius 1 is 1.00 bits per heavy atom. The van der Waals surface area contributed by atoms with Crippen molar-refractivity contribution >= 4 is 43.5 Å². The largest absolute Gasteiger partial charge is 0.350 e. The predicted octanol–water partition coefficient (Wildman–Crippen LogP) is 6.01. The molecule has 2 aromatic rings. The molecule has 0 aliphatic heterocycles. The van der Waals surface area contributed by atoms with E-state index < -0.39 is 34.1 Å². The van der Waals surface area contributed by atoms with Gasteiger partial charge in [0.15, 0.2) is 0 Å². The van der Waals surface area contributed by atoms with Gasteiger partial charge in [-0.15, -0.1) is 0 Å². The first-order valence-electron chi connectivity index (χ1n) is 15.1. The van der Waals surface area contributed by atoms with E-state index in [-0.39, 0.29) is 17.9 Å². The average Bonchev–Trinajstić information content (AvgIpc) is 2.87. The van der Waals surface area contributed by atoms with Gasteiger partial charge in [0.1, 0.15) is 12.6 Å². The Balaban J connectivity index is 1.39. The Labute approximate surface area is 259 Å². The Kier molecular flexibility index (Phi) is 8.58. The summed E-state index contributed by atoms with van der Waals surface area (Å²) >= 11 is 3.48. The van der Waals surface area contributed by atoms with Gasteiger partial charge < -0.3 is 10.2 Å². The lowest BCUT2D eigenvalue weighted by molar-refractivity contribution is -0.140. The van der Waals surface area contributed by atoms with Crippen molar-refractivity contribution in [3.63, 3.8) is 0 Å². The van der Waals surface area contributed by atoms with E-state index in [4.69, 9.17) is 0 Å². The normalized spacial score (nSPS) is 25.6. The maximum atomic E-state index is 13.9. The maximum Gasteiger partial charge on any atom is 0.244 e. The molecule has 9 heteroatoms. The third-order valence-electron chi connectivity index (χ3n) is 9.39. The average molecular weight is 659 g/mol. The molecule has 4 saturated carbocycles. The van der Waals surface area contributed by atoms with E-state index in [2.05, 4.69) is 33.4 Å². The maximum absolute atomic E-state index is 13.9. The summed E-state index contributed by atoms with van der Waals surface area (Å²) < 4.78 is 28.1. The van der Waals surface area contributed by atoms with Gasteiger partial charge in [0, 0.05) is 16.6 Å². The van der Waals surface area contributed by atoms with E-state index in [1.54, 1.807) is 6.92 Å². The second-order valence-corrected chi connectivity index (χ2v) is 16.9. The molecule has 0 unspecified atom stereocenters. The standard InChI is InChI=1S/C33H44BrN3O4S/c1-22(31(39)35-32(2,3)4)36(20-23-7-6-8-28(34)16-23)30(38)21-37(42(5,40)41)29-11-9-27(10-12-29)33-17-24-13-25(18-33)15-26(14-24)19-33/h6-12,16,22,24-26H,13-15,17-21H2,1-5H3,(H,35,39)/t22-,24?,25?,26?,33?/m1/s1. The molecule has 1 N–H and O–H groups in total. The van der Waals surface area contributed by atoms with Gasteiger partial charge in [0.05, 0.1) is 11.9 Å². The van der Waals surface area contributed by atoms with Crippen LogP contribution in [0.2, 0.25) is 0 Å². The van der Waals surface area contributed by atoms with Crippen LogP contribution >= 0.6 is 15.9 Å². The van der Waals surface area contributed by atoms with Crippen molar-refractivity contribution in [1.82, 2.24) is 10.2 Å². The number of sulfonamides is 1. The minimum absolute atomic E-state index is 0.166. The van der Waals surface area contributed by atoms with Gasteiger partial charge in [-0.1, -0.05) is 40.2 Å². The Bertz CT molecular complexity index is 1400. The zero-order chi connectivity index (χ0) is 30.4. The van der Waals surface area contributed by atoms with Crippen LogP contribution in [0, 0.1) is 17.8 Å². The van der Waals surface area contributed by atoms with Crippen LogP contribution in [0.15, 0.2) is 53.0 Å². The lowest BCUT2D eigenvalue weighted by Gasteiger charge is -2.57. The molecule has 0 saturated heterocycles. The molecule has 4 aliphatic carbocycles. The quantitative estimate of drug-likeness (QED) is 0.358. The number of carbonyl (C=O) groups is 2. The summed E-state index contributed by atoms with van der Waals surface area (Å²) in [6.45, 7) is 7.11. The second-order valence-electron chi connectivity index (χ2n) is 14.1. The fourth-order valence-electron chi connectivity index (χ4n) is 7.95. The molecule has 4 bridgehead atoms. The van der Waals surface area contributed by atoms with Gasteiger partial charge in [0.25, 0.3) is 0 Å². The number of carbonyl (C=O) groups excluding carboxylic acids is 2. The highest BCUT2D eigenvalue weighted by atomic mass is 79.9. The van der Waals surface area contributed by atoms with E-state index in [0.717, 1.165) is 34.0 Å². The van der Waals surface area contributed by atoms with E-state index in [1.165, 1.54) is 53.3 Å². The molecule has 0 spiro atoms. The lowest BCUT2D eigenvalue weighted by Crippen LogP contribution is -2.54. The first kappa shape index (κ1) is 31.0. The summed E-state index contributed by atoms with van der Waals surface area (Å²) in [6, 6.07) is 14.6. The number of nitrogens with zero attached hydrogens (tertiary/aromatic N) is 2. The van der Waals surface area contributed by atoms with Crippen LogP contribution in [0.1, 0.15) is 77.3 Å². The SMILES string of the molecule is C[C@H](C(=O)NC(C)(C)C)N(Cc1cccc(Br)c1)C(=O)CN(c1ccc(C23CC4CC(CC(C4)C2)C3)cc1)S(C)(=O)=O. The zero-order valence-electron chi connectivity index (χ0n) is 25.4. The minimum atomic E-state index is -3.78. The molecule has 7 nitrogen and oxygen atoms in total. The summed E-state index contributed by atoms with van der Waals surface area (Å²) in [5.41, 5.74) is 2.32. The fraction of sp³-hybridized carbons (Fsp3) is 0.576. The summed E-state index contributed by atoms with van der Waals surface area (Å²) in [7, 11) is -3.78. The summed E-state index contributed by atoms with van der Waals surface area (Å²) in [6.07, 6.45) is 8.91. The number of rotatable bonds is 9. The monoisotopic (exact) mass is 657 g/mol. The molecule has 0 aromatic heterocycles. The molecule has 0 radical (unpaired) electrons. The third kappa shape index (κ3) is 6.88. The second kappa shape index (κ2) is 11.6. The third-order valence-corrected chi connectivity index (χ3v) is 11.0. The van der Waals surface area contributed by atoms with Gasteiger partial charge in [-0.05, 0) is 125 Å². The molecule has 2 amide bonds. The number of hydrogen-bond acceptors (Lipinski definition) is 4. The van der Waals surface area contributed by atoms with Gasteiger partial charge in [0.2, 0.25) is 21.8 Å². The highest BCUT2D eigenvalue weighted by Gasteiger charge is 2.51. The van der Waals surface area contributed by atoms with E-state index in [9.17, 15) is 18.0 Å². The Morgan fingerprint density at radius 3 is 2.07 bits per heavy atom.